The van der Waals surface area contributed by atoms with Crippen LogP contribution in [0.4, 0.5) is 17.6 Å². The van der Waals surface area contributed by atoms with E-state index >= 15 is 0 Å². The summed E-state index contributed by atoms with van der Waals surface area (Å²) in [6.45, 7) is 5.64. The Hall–Kier alpha value is -1.91. The molecule has 0 saturated carbocycles. The molecule has 0 amide bonds. The molecule has 0 aliphatic heterocycles. The largest absolute Gasteiger partial charge is 0.252 e. The van der Waals surface area contributed by atoms with Gasteiger partial charge in [0.2, 0.25) is 0 Å². The van der Waals surface area contributed by atoms with E-state index in [-0.39, 0.29) is 5.56 Å². The number of aromatic nitrogens is 1. The molecule has 0 spiro atoms. The van der Waals surface area contributed by atoms with Crippen LogP contribution in [0.25, 0.3) is 11.1 Å². The highest BCUT2D eigenvalue weighted by atomic mass is 19.2. The van der Waals surface area contributed by atoms with Crippen LogP contribution in [0.5, 0.6) is 0 Å². The molecule has 0 fully saturated rings. The number of halogens is 4. The van der Waals surface area contributed by atoms with E-state index in [4.69, 9.17) is 0 Å². The van der Waals surface area contributed by atoms with Crippen molar-refractivity contribution in [2.24, 2.45) is 0 Å². The Morgan fingerprint density at radius 3 is 1.55 bits per heavy atom. The van der Waals surface area contributed by atoms with Crippen LogP contribution in [0.2, 0.25) is 0 Å². The minimum absolute atomic E-state index is 0.234. The number of rotatable bonds is 4. The van der Waals surface area contributed by atoms with E-state index in [2.05, 4.69) is 4.98 Å². The van der Waals surface area contributed by atoms with Gasteiger partial charge in [0.05, 0.1) is 5.56 Å². The van der Waals surface area contributed by atoms with Crippen LogP contribution < -0.4 is 0 Å². The van der Waals surface area contributed by atoms with Crippen LogP contribution in [0.1, 0.15) is 37.5 Å². The van der Waals surface area contributed by atoms with Gasteiger partial charge >= 0.3 is 0 Å². The van der Waals surface area contributed by atoms with E-state index in [1.165, 1.54) is 0 Å². The average molecular weight is 311 g/mol. The lowest BCUT2D eigenvalue weighted by atomic mass is 9.89. The molecule has 0 radical (unpaired) electrons. The number of pyridine rings is 1. The Morgan fingerprint density at radius 2 is 1.18 bits per heavy atom. The normalized spacial score (nSPS) is 11.0. The predicted molar refractivity (Wildman–Crippen MR) is 77.6 cm³/mol. The summed E-state index contributed by atoms with van der Waals surface area (Å²) >= 11 is 0. The predicted octanol–water partition coefficient (Wildman–Crippen LogP) is 4.99. The second kappa shape index (κ2) is 6.46. The van der Waals surface area contributed by atoms with Crippen molar-refractivity contribution in [1.29, 1.82) is 0 Å². The summed E-state index contributed by atoms with van der Waals surface area (Å²) < 4.78 is 55.1. The molecule has 2 aromatic rings. The van der Waals surface area contributed by atoms with Crippen LogP contribution in [0.3, 0.4) is 0 Å². The lowest BCUT2D eigenvalue weighted by molar-refractivity contribution is 0.410. The average Bonchev–Trinajstić information content (AvgIpc) is 2.52. The Labute approximate surface area is 127 Å². The van der Waals surface area contributed by atoms with E-state index in [9.17, 15) is 17.6 Å². The van der Waals surface area contributed by atoms with E-state index in [0.29, 0.717) is 24.0 Å². The van der Waals surface area contributed by atoms with Crippen molar-refractivity contribution < 1.29 is 17.6 Å². The lowest BCUT2D eigenvalue weighted by Gasteiger charge is -2.17. The smallest absolute Gasteiger partial charge is 0.201 e. The molecule has 1 aromatic carbocycles. The van der Waals surface area contributed by atoms with Crippen molar-refractivity contribution in [3.05, 3.63) is 52.4 Å². The van der Waals surface area contributed by atoms with Crippen LogP contribution in [-0.4, -0.2) is 4.98 Å². The van der Waals surface area contributed by atoms with E-state index < -0.39 is 29.1 Å². The Morgan fingerprint density at radius 1 is 0.727 bits per heavy atom. The molecule has 0 unspecified atom stereocenters. The van der Waals surface area contributed by atoms with Crippen molar-refractivity contribution in [1.82, 2.24) is 4.98 Å². The molecule has 1 aromatic heterocycles. The monoisotopic (exact) mass is 311 g/mol. The van der Waals surface area contributed by atoms with Gasteiger partial charge in [0.15, 0.2) is 11.6 Å². The first kappa shape index (κ1) is 16.5. The number of nitrogens with zero attached hydrogens (tertiary/aromatic N) is 1. The van der Waals surface area contributed by atoms with Gasteiger partial charge in [-0.25, -0.2) is 8.78 Å². The van der Waals surface area contributed by atoms with Crippen molar-refractivity contribution in [3.8, 4) is 11.1 Å². The van der Waals surface area contributed by atoms with Gasteiger partial charge in [0.1, 0.15) is 0 Å². The molecular weight excluding hydrogens is 294 g/mol. The Bertz CT molecular complexity index is 659. The van der Waals surface area contributed by atoms with Crippen molar-refractivity contribution in [2.45, 2.75) is 40.0 Å². The molecule has 1 heterocycles. The molecule has 5 heteroatoms. The first-order chi connectivity index (χ1) is 10.4. The molecular formula is C17H17F4N. The summed E-state index contributed by atoms with van der Waals surface area (Å²) in [6.07, 6.45) is 1.77. The highest BCUT2D eigenvalue weighted by Crippen LogP contribution is 2.35. The molecule has 0 atom stereocenters. The van der Waals surface area contributed by atoms with Crippen LogP contribution in [0.15, 0.2) is 12.1 Å². The lowest BCUT2D eigenvalue weighted by Crippen LogP contribution is -2.07. The zero-order chi connectivity index (χ0) is 16.4. The second-order valence-electron chi connectivity index (χ2n) is 5.05. The number of hydrogen-bond acceptors (Lipinski definition) is 1. The summed E-state index contributed by atoms with van der Waals surface area (Å²) in [5.74, 6) is -6.16. The van der Waals surface area contributed by atoms with Gasteiger partial charge in [-0.05, 0) is 41.5 Å². The third kappa shape index (κ3) is 2.72. The molecule has 118 valence electrons. The second-order valence-corrected chi connectivity index (χ2v) is 5.05. The minimum atomic E-state index is -1.63. The quantitative estimate of drug-likeness (QED) is 0.572. The Kier molecular flexibility index (Phi) is 4.84. The molecule has 0 bridgehead atoms. The fourth-order valence-electron chi connectivity index (χ4n) is 2.63. The molecule has 0 aliphatic rings. The van der Waals surface area contributed by atoms with Crippen molar-refractivity contribution >= 4 is 0 Å². The van der Waals surface area contributed by atoms with Gasteiger partial charge in [0.25, 0.3) is 11.9 Å². The van der Waals surface area contributed by atoms with Gasteiger partial charge in [-0.1, -0.05) is 32.9 Å². The number of hydrogen-bond donors (Lipinski definition) is 0. The molecule has 1 nitrogen and oxygen atoms in total. The molecule has 0 aliphatic carbocycles. The van der Waals surface area contributed by atoms with E-state index in [1.807, 2.05) is 32.9 Å². The van der Waals surface area contributed by atoms with Gasteiger partial charge in [-0.3, -0.25) is 0 Å². The molecule has 22 heavy (non-hydrogen) atoms. The van der Waals surface area contributed by atoms with Gasteiger partial charge in [-0.15, -0.1) is 0 Å². The summed E-state index contributed by atoms with van der Waals surface area (Å²) in [7, 11) is 0. The van der Waals surface area contributed by atoms with E-state index in [1.54, 1.807) is 0 Å². The van der Waals surface area contributed by atoms with Crippen molar-refractivity contribution in [3.63, 3.8) is 0 Å². The maximum absolute atomic E-state index is 14.1. The van der Waals surface area contributed by atoms with Gasteiger partial charge < -0.3 is 0 Å². The van der Waals surface area contributed by atoms with Crippen LogP contribution in [0, 0.1) is 23.5 Å². The summed E-state index contributed by atoms with van der Waals surface area (Å²) in [4.78, 5) is 2.62. The zero-order valence-electron chi connectivity index (χ0n) is 12.7. The van der Waals surface area contributed by atoms with Crippen molar-refractivity contribution in [2.75, 3.05) is 0 Å². The van der Waals surface area contributed by atoms with Crippen LogP contribution in [-0.2, 0) is 19.3 Å². The maximum atomic E-state index is 14.1. The summed E-state index contributed by atoms with van der Waals surface area (Å²) in [5.41, 5.74) is 1.92. The third-order valence-electron chi connectivity index (χ3n) is 3.78. The highest BCUT2D eigenvalue weighted by Gasteiger charge is 2.25. The topological polar surface area (TPSA) is 12.9 Å². The Balaban J connectivity index is 2.88. The first-order valence-corrected chi connectivity index (χ1v) is 7.29. The standard InChI is InChI=1S/C17H17F4N/c1-4-9-7-10(5-2)12(11(6-3)8-9)13-14(18)16(20)22-17(21)15(13)19/h7-8H,4-6H2,1-3H3. The molecule has 0 N–H and O–H groups in total. The molecule has 2 rings (SSSR count). The van der Waals surface area contributed by atoms with E-state index in [0.717, 1.165) is 12.0 Å². The maximum Gasteiger partial charge on any atom is 0.252 e. The van der Waals surface area contributed by atoms with Crippen LogP contribution >= 0.6 is 0 Å². The minimum Gasteiger partial charge on any atom is -0.201 e. The fraction of sp³-hybridized carbons (Fsp3) is 0.353. The third-order valence-corrected chi connectivity index (χ3v) is 3.78. The zero-order valence-corrected chi connectivity index (χ0v) is 12.7. The highest BCUT2D eigenvalue weighted by molar-refractivity contribution is 5.73. The van der Waals surface area contributed by atoms with Gasteiger partial charge in [0, 0.05) is 0 Å². The summed E-state index contributed by atoms with van der Waals surface area (Å²) in [5, 5.41) is 0. The fourth-order valence-corrected chi connectivity index (χ4v) is 2.63. The number of aryl methyl sites for hydroxylation is 3. The SMILES string of the molecule is CCc1cc(CC)c(-c2c(F)c(F)nc(F)c2F)c(CC)c1. The number of benzene rings is 1. The van der Waals surface area contributed by atoms with Gasteiger partial charge in [-0.2, -0.15) is 13.8 Å². The summed E-state index contributed by atoms with van der Waals surface area (Å²) in [6, 6.07) is 3.65. The molecule has 0 saturated heterocycles. The first-order valence-electron chi connectivity index (χ1n) is 7.29.